The Morgan fingerprint density at radius 3 is 2.42 bits per heavy atom. The summed E-state index contributed by atoms with van der Waals surface area (Å²) in [6, 6.07) is -0.0928. The summed E-state index contributed by atoms with van der Waals surface area (Å²) >= 11 is 0. The number of hydrogen-bond donors (Lipinski definition) is 3. The summed E-state index contributed by atoms with van der Waals surface area (Å²) in [5.74, 6) is -0.0842. The molecule has 0 aliphatic rings. The topological polar surface area (TPSA) is 96.9 Å². The Balaban J connectivity index is 4.87. The lowest BCUT2D eigenvalue weighted by Gasteiger charge is -2.30. The van der Waals surface area contributed by atoms with Gasteiger partial charge in [-0.2, -0.15) is 0 Å². The van der Waals surface area contributed by atoms with Crippen LogP contribution in [0.25, 0.3) is 0 Å². The predicted octanol–water partition coefficient (Wildman–Crippen LogP) is 1.33. The normalized spacial score (nSPS) is 17.1. The van der Waals surface area contributed by atoms with Gasteiger partial charge in [-0.3, -0.25) is 4.79 Å². The van der Waals surface area contributed by atoms with E-state index in [2.05, 4.69) is 10.5 Å². The Hall–Kier alpha value is -1.30. The van der Waals surface area contributed by atoms with Crippen LogP contribution in [-0.2, 0) is 9.53 Å². The Kier molecular flexibility index (Phi) is 7.44. The smallest absolute Gasteiger partial charge is 0.233 e. The number of ether oxygens (including phenoxy) is 1. The molecule has 0 saturated heterocycles. The maximum Gasteiger partial charge on any atom is 0.233 e. The zero-order valence-corrected chi connectivity index (χ0v) is 12.6. The molecule has 0 aliphatic heterocycles. The van der Waals surface area contributed by atoms with Gasteiger partial charge in [0.15, 0.2) is 5.84 Å². The van der Waals surface area contributed by atoms with Crippen molar-refractivity contribution in [3.05, 3.63) is 0 Å². The van der Waals surface area contributed by atoms with E-state index in [0.717, 1.165) is 0 Å². The van der Waals surface area contributed by atoms with Gasteiger partial charge in [-0.25, -0.2) is 0 Å². The number of rotatable bonds is 8. The van der Waals surface area contributed by atoms with Crippen molar-refractivity contribution >= 4 is 11.7 Å². The fourth-order valence-corrected chi connectivity index (χ4v) is 1.54. The number of oxime groups is 1. The standard InChI is InChI=1S/C13H27N3O3/c1-6-13(5,11(14)16-18)12(17)15-10(9(3)4)8-19-7-2/h9-10,18H,6-8H2,1-5H3,(H2,14,16)(H,15,17). The molecule has 0 radical (unpaired) electrons. The number of nitrogens with one attached hydrogen (secondary N) is 1. The molecule has 112 valence electrons. The van der Waals surface area contributed by atoms with Gasteiger partial charge in [0, 0.05) is 6.61 Å². The molecule has 0 aromatic heterocycles. The number of amides is 1. The molecule has 2 atom stereocenters. The van der Waals surface area contributed by atoms with Crippen LogP contribution >= 0.6 is 0 Å². The summed E-state index contributed by atoms with van der Waals surface area (Å²) < 4.78 is 5.37. The Labute approximate surface area is 115 Å². The van der Waals surface area contributed by atoms with E-state index in [0.29, 0.717) is 19.6 Å². The highest BCUT2D eigenvalue weighted by atomic mass is 16.5. The van der Waals surface area contributed by atoms with Gasteiger partial charge in [0.25, 0.3) is 0 Å². The molecular weight excluding hydrogens is 246 g/mol. The Morgan fingerprint density at radius 1 is 1.47 bits per heavy atom. The molecule has 0 spiro atoms. The van der Waals surface area contributed by atoms with Crippen molar-refractivity contribution in [3.63, 3.8) is 0 Å². The monoisotopic (exact) mass is 273 g/mol. The minimum atomic E-state index is -1.01. The molecule has 0 aliphatic carbocycles. The largest absolute Gasteiger partial charge is 0.409 e. The molecule has 1 amide bonds. The maximum absolute atomic E-state index is 12.3. The van der Waals surface area contributed by atoms with Gasteiger partial charge in [-0.15, -0.1) is 0 Å². The highest BCUT2D eigenvalue weighted by Gasteiger charge is 2.37. The molecular formula is C13H27N3O3. The quantitative estimate of drug-likeness (QED) is 0.269. The lowest BCUT2D eigenvalue weighted by atomic mass is 9.84. The third-order valence-electron chi connectivity index (χ3n) is 3.50. The molecule has 2 unspecified atom stereocenters. The van der Waals surface area contributed by atoms with Crippen molar-refractivity contribution in [2.45, 2.75) is 47.1 Å². The Morgan fingerprint density at radius 2 is 2.05 bits per heavy atom. The third-order valence-corrected chi connectivity index (χ3v) is 3.50. The van der Waals surface area contributed by atoms with E-state index in [4.69, 9.17) is 15.7 Å². The summed E-state index contributed by atoms with van der Waals surface area (Å²) in [7, 11) is 0. The van der Waals surface area contributed by atoms with Gasteiger partial charge in [-0.05, 0) is 26.2 Å². The number of nitrogens with two attached hydrogens (primary N) is 1. The van der Waals surface area contributed by atoms with E-state index < -0.39 is 5.41 Å². The third kappa shape index (κ3) is 4.70. The van der Waals surface area contributed by atoms with Gasteiger partial charge in [0.2, 0.25) is 5.91 Å². The summed E-state index contributed by atoms with van der Waals surface area (Å²) in [6.45, 7) is 10.5. The average Bonchev–Trinajstić information content (AvgIpc) is 2.40. The fourth-order valence-electron chi connectivity index (χ4n) is 1.54. The van der Waals surface area contributed by atoms with Gasteiger partial charge in [-0.1, -0.05) is 25.9 Å². The summed E-state index contributed by atoms with van der Waals surface area (Å²) in [6.07, 6.45) is 0.453. The first kappa shape index (κ1) is 17.7. The van der Waals surface area contributed by atoms with E-state index >= 15 is 0 Å². The van der Waals surface area contributed by atoms with Crippen molar-refractivity contribution < 1.29 is 14.7 Å². The van der Waals surface area contributed by atoms with Crippen LogP contribution in [0, 0.1) is 11.3 Å². The first-order valence-electron chi connectivity index (χ1n) is 6.70. The molecule has 0 bridgehead atoms. The molecule has 19 heavy (non-hydrogen) atoms. The van der Waals surface area contributed by atoms with Gasteiger partial charge < -0.3 is 21.0 Å². The molecule has 6 heteroatoms. The van der Waals surface area contributed by atoms with Crippen LogP contribution in [0.5, 0.6) is 0 Å². The lowest BCUT2D eigenvalue weighted by molar-refractivity contribution is -0.128. The van der Waals surface area contributed by atoms with E-state index in [9.17, 15) is 4.79 Å². The number of carbonyl (C=O) groups excluding carboxylic acids is 1. The highest BCUT2D eigenvalue weighted by Crippen LogP contribution is 2.22. The molecule has 0 fully saturated rings. The van der Waals surface area contributed by atoms with E-state index in [1.165, 1.54) is 0 Å². The second kappa shape index (κ2) is 7.99. The van der Waals surface area contributed by atoms with Crippen LogP contribution in [0.15, 0.2) is 5.16 Å². The minimum absolute atomic E-state index is 0.0774. The van der Waals surface area contributed by atoms with Crippen LogP contribution in [0.3, 0.4) is 0 Å². The van der Waals surface area contributed by atoms with Crippen LogP contribution in [0.4, 0.5) is 0 Å². The maximum atomic E-state index is 12.3. The first-order valence-corrected chi connectivity index (χ1v) is 6.70. The number of hydrogen-bond acceptors (Lipinski definition) is 4. The Bertz CT molecular complexity index is 318. The minimum Gasteiger partial charge on any atom is -0.409 e. The number of amidine groups is 1. The fraction of sp³-hybridized carbons (Fsp3) is 0.846. The summed E-state index contributed by atoms with van der Waals surface area (Å²) in [4.78, 5) is 12.3. The van der Waals surface area contributed by atoms with E-state index in [1.807, 2.05) is 27.7 Å². The van der Waals surface area contributed by atoms with Crippen molar-refractivity contribution in [3.8, 4) is 0 Å². The average molecular weight is 273 g/mol. The van der Waals surface area contributed by atoms with E-state index in [-0.39, 0.29) is 23.7 Å². The molecule has 0 aromatic rings. The van der Waals surface area contributed by atoms with E-state index in [1.54, 1.807) is 6.92 Å². The highest BCUT2D eigenvalue weighted by molar-refractivity contribution is 6.06. The van der Waals surface area contributed by atoms with Crippen molar-refractivity contribution in [2.24, 2.45) is 22.2 Å². The second-order valence-corrected chi connectivity index (χ2v) is 5.15. The zero-order valence-electron chi connectivity index (χ0n) is 12.6. The van der Waals surface area contributed by atoms with Gasteiger partial charge >= 0.3 is 0 Å². The molecule has 6 nitrogen and oxygen atoms in total. The number of nitrogens with zero attached hydrogens (tertiary/aromatic N) is 1. The SMILES string of the molecule is CCOCC(NC(=O)C(C)(CC)C(N)=NO)C(C)C. The summed E-state index contributed by atoms with van der Waals surface area (Å²) in [5, 5.41) is 14.7. The van der Waals surface area contributed by atoms with Gasteiger partial charge in [0.05, 0.1) is 12.6 Å². The van der Waals surface area contributed by atoms with Crippen LogP contribution in [0.2, 0.25) is 0 Å². The molecule has 0 heterocycles. The first-order chi connectivity index (χ1) is 8.83. The van der Waals surface area contributed by atoms with Crippen molar-refractivity contribution in [1.29, 1.82) is 0 Å². The lowest BCUT2D eigenvalue weighted by Crippen LogP contribution is -2.52. The predicted molar refractivity (Wildman–Crippen MR) is 75.1 cm³/mol. The van der Waals surface area contributed by atoms with Crippen LogP contribution < -0.4 is 11.1 Å². The zero-order chi connectivity index (χ0) is 15.1. The van der Waals surface area contributed by atoms with Crippen molar-refractivity contribution in [1.82, 2.24) is 5.32 Å². The molecule has 0 rings (SSSR count). The summed E-state index contributed by atoms with van der Waals surface area (Å²) in [5.41, 5.74) is 4.62. The molecule has 4 N–H and O–H groups in total. The molecule has 0 saturated carbocycles. The van der Waals surface area contributed by atoms with Gasteiger partial charge in [0.1, 0.15) is 5.41 Å². The second-order valence-electron chi connectivity index (χ2n) is 5.15. The number of carbonyl (C=O) groups is 1. The van der Waals surface area contributed by atoms with Crippen LogP contribution in [-0.4, -0.2) is 36.2 Å². The van der Waals surface area contributed by atoms with Crippen molar-refractivity contribution in [2.75, 3.05) is 13.2 Å². The molecule has 0 aromatic carbocycles. The van der Waals surface area contributed by atoms with Crippen LogP contribution in [0.1, 0.15) is 41.0 Å².